The summed E-state index contributed by atoms with van der Waals surface area (Å²) < 4.78 is 20.4. The van der Waals surface area contributed by atoms with Crippen LogP contribution < -0.4 is 4.74 Å². The van der Waals surface area contributed by atoms with Gasteiger partial charge in [0.1, 0.15) is 11.6 Å². The number of methoxy groups -OCH3 is 1. The molecule has 0 amide bonds. The van der Waals surface area contributed by atoms with E-state index in [4.69, 9.17) is 4.74 Å². The fourth-order valence-electron chi connectivity index (χ4n) is 3.58. The van der Waals surface area contributed by atoms with Gasteiger partial charge in [-0.1, -0.05) is 34.1 Å². The van der Waals surface area contributed by atoms with Gasteiger partial charge in [0, 0.05) is 10.0 Å². The van der Waals surface area contributed by atoms with E-state index >= 15 is 0 Å². The third-order valence-electron chi connectivity index (χ3n) is 4.93. The van der Waals surface area contributed by atoms with E-state index < -0.39 is 5.97 Å². The minimum atomic E-state index is -0.745. The molecule has 26 heavy (non-hydrogen) atoms. The van der Waals surface area contributed by atoms with Gasteiger partial charge in [0.15, 0.2) is 0 Å². The fraction of sp³-hybridized carbons (Fsp3) is 0.350. The van der Waals surface area contributed by atoms with Gasteiger partial charge in [-0.2, -0.15) is 0 Å². The molecule has 1 saturated heterocycles. The van der Waals surface area contributed by atoms with E-state index in [0.717, 1.165) is 15.6 Å². The van der Waals surface area contributed by atoms with E-state index in [2.05, 4.69) is 20.8 Å². The Kier molecular flexibility index (Phi) is 5.94. The lowest BCUT2D eigenvalue weighted by molar-refractivity contribution is -0.143. The standard InChI is InChI=1S/C20H21BrFNO3/c1-26-18-7-6-14(22)12-16(18)19(15-4-2-3-5-17(15)21)23-10-8-13(9-11-23)20(24)25/h2-7,12-13,19H,8-11H2,1H3,(H,24,25). The molecule has 0 aliphatic carbocycles. The van der Waals surface area contributed by atoms with Crippen molar-refractivity contribution >= 4 is 21.9 Å². The highest BCUT2D eigenvalue weighted by molar-refractivity contribution is 9.10. The van der Waals surface area contributed by atoms with Gasteiger partial charge in [0.2, 0.25) is 0 Å². The molecule has 2 aromatic rings. The lowest BCUT2D eigenvalue weighted by Gasteiger charge is -2.38. The lowest BCUT2D eigenvalue weighted by atomic mass is 9.91. The molecular weight excluding hydrogens is 401 g/mol. The van der Waals surface area contributed by atoms with Gasteiger partial charge in [-0.15, -0.1) is 0 Å². The Bertz CT molecular complexity index is 790. The second-order valence-electron chi connectivity index (χ2n) is 6.46. The summed E-state index contributed by atoms with van der Waals surface area (Å²) in [6, 6.07) is 12.2. The Morgan fingerprint density at radius 2 is 1.92 bits per heavy atom. The Labute approximate surface area is 160 Å². The van der Waals surface area contributed by atoms with Gasteiger partial charge in [-0.3, -0.25) is 9.69 Å². The summed E-state index contributed by atoms with van der Waals surface area (Å²) in [6.07, 6.45) is 1.15. The number of carboxylic acid groups (broad SMARTS) is 1. The summed E-state index contributed by atoms with van der Waals surface area (Å²) in [6.45, 7) is 1.26. The van der Waals surface area contributed by atoms with Crippen LogP contribution in [0, 0.1) is 11.7 Å². The number of carbonyl (C=O) groups is 1. The maximum absolute atomic E-state index is 14.0. The zero-order chi connectivity index (χ0) is 18.7. The number of halogens is 2. The molecule has 0 radical (unpaired) electrons. The predicted molar refractivity (Wildman–Crippen MR) is 101 cm³/mol. The van der Waals surface area contributed by atoms with Crippen LogP contribution in [0.3, 0.4) is 0 Å². The molecule has 6 heteroatoms. The van der Waals surface area contributed by atoms with Crippen molar-refractivity contribution in [1.29, 1.82) is 0 Å². The van der Waals surface area contributed by atoms with Crippen LogP contribution in [0.5, 0.6) is 5.75 Å². The van der Waals surface area contributed by atoms with E-state index in [9.17, 15) is 14.3 Å². The molecular formula is C20H21BrFNO3. The van der Waals surface area contributed by atoms with Crippen LogP contribution >= 0.6 is 15.9 Å². The van der Waals surface area contributed by atoms with Crippen LogP contribution in [0.15, 0.2) is 46.9 Å². The summed E-state index contributed by atoms with van der Waals surface area (Å²) in [5.41, 5.74) is 1.75. The van der Waals surface area contributed by atoms with Crippen LogP contribution in [0.1, 0.15) is 30.0 Å². The van der Waals surface area contributed by atoms with Crippen molar-refractivity contribution in [1.82, 2.24) is 4.90 Å². The summed E-state index contributed by atoms with van der Waals surface area (Å²) in [5.74, 6) is -0.767. The molecule has 1 atom stereocenters. The van der Waals surface area contributed by atoms with E-state index in [1.807, 2.05) is 24.3 Å². The van der Waals surface area contributed by atoms with Gasteiger partial charge in [0.25, 0.3) is 0 Å². The van der Waals surface area contributed by atoms with Gasteiger partial charge in [0.05, 0.1) is 19.1 Å². The molecule has 3 rings (SSSR count). The maximum atomic E-state index is 14.0. The van der Waals surface area contributed by atoms with Crippen LogP contribution in [0.2, 0.25) is 0 Å². The van der Waals surface area contributed by atoms with Crippen molar-refractivity contribution in [2.45, 2.75) is 18.9 Å². The van der Waals surface area contributed by atoms with Gasteiger partial charge in [-0.25, -0.2) is 4.39 Å². The Morgan fingerprint density at radius 3 is 2.54 bits per heavy atom. The van der Waals surface area contributed by atoms with E-state index in [1.54, 1.807) is 13.2 Å². The van der Waals surface area contributed by atoms with Crippen LogP contribution in [-0.2, 0) is 4.79 Å². The number of piperidine rings is 1. The molecule has 0 saturated carbocycles. The summed E-state index contributed by atoms with van der Waals surface area (Å²) >= 11 is 3.61. The predicted octanol–water partition coefficient (Wildman–Crippen LogP) is 4.48. The number of aliphatic carboxylic acids is 1. The fourth-order valence-corrected chi connectivity index (χ4v) is 4.08. The van der Waals surface area contributed by atoms with Crippen molar-refractivity contribution in [3.63, 3.8) is 0 Å². The molecule has 0 aromatic heterocycles. The highest BCUT2D eigenvalue weighted by Crippen LogP contribution is 2.40. The number of carboxylic acids is 1. The number of ether oxygens (including phenoxy) is 1. The van der Waals surface area contributed by atoms with E-state index in [0.29, 0.717) is 31.7 Å². The van der Waals surface area contributed by atoms with Crippen molar-refractivity contribution in [2.75, 3.05) is 20.2 Å². The van der Waals surface area contributed by atoms with Crippen molar-refractivity contribution in [2.24, 2.45) is 5.92 Å². The molecule has 0 bridgehead atoms. The molecule has 0 spiro atoms. The molecule has 1 aliphatic rings. The number of hydrogen-bond acceptors (Lipinski definition) is 3. The summed E-state index contributed by atoms with van der Waals surface area (Å²) in [5, 5.41) is 9.26. The lowest BCUT2D eigenvalue weighted by Crippen LogP contribution is -2.39. The van der Waals surface area contributed by atoms with E-state index in [-0.39, 0.29) is 17.8 Å². The molecule has 1 heterocycles. The maximum Gasteiger partial charge on any atom is 0.306 e. The Balaban J connectivity index is 2.03. The monoisotopic (exact) mass is 421 g/mol. The van der Waals surface area contributed by atoms with Gasteiger partial charge >= 0.3 is 5.97 Å². The highest BCUT2D eigenvalue weighted by atomic mass is 79.9. The molecule has 1 unspecified atom stereocenters. The van der Waals surface area contributed by atoms with Gasteiger partial charge in [-0.05, 0) is 55.8 Å². The van der Waals surface area contributed by atoms with Crippen LogP contribution in [-0.4, -0.2) is 36.2 Å². The summed E-state index contributed by atoms with van der Waals surface area (Å²) in [7, 11) is 1.57. The smallest absolute Gasteiger partial charge is 0.306 e. The minimum Gasteiger partial charge on any atom is -0.496 e. The van der Waals surface area contributed by atoms with Gasteiger partial charge < -0.3 is 9.84 Å². The Morgan fingerprint density at radius 1 is 1.23 bits per heavy atom. The topological polar surface area (TPSA) is 49.8 Å². The average molecular weight is 422 g/mol. The molecule has 1 N–H and O–H groups in total. The molecule has 138 valence electrons. The largest absolute Gasteiger partial charge is 0.496 e. The van der Waals surface area contributed by atoms with E-state index in [1.165, 1.54) is 12.1 Å². The minimum absolute atomic E-state index is 0.217. The van der Waals surface area contributed by atoms with Crippen LogP contribution in [0.4, 0.5) is 4.39 Å². The number of rotatable bonds is 5. The zero-order valence-electron chi connectivity index (χ0n) is 14.5. The first kappa shape index (κ1) is 18.9. The third-order valence-corrected chi connectivity index (χ3v) is 5.65. The SMILES string of the molecule is COc1ccc(F)cc1C(c1ccccc1Br)N1CCC(C(=O)O)CC1. The highest BCUT2D eigenvalue weighted by Gasteiger charge is 2.32. The second-order valence-corrected chi connectivity index (χ2v) is 7.31. The molecule has 2 aromatic carbocycles. The first-order valence-electron chi connectivity index (χ1n) is 8.56. The third kappa shape index (κ3) is 3.91. The quantitative estimate of drug-likeness (QED) is 0.772. The first-order chi connectivity index (χ1) is 12.5. The number of benzene rings is 2. The molecule has 1 aliphatic heterocycles. The molecule has 1 fully saturated rings. The normalized spacial score (nSPS) is 17.0. The zero-order valence-corrected chi connectivity index (χ0v) is 16.1. The second kappa shape index (κ2) is 8.18. The average Bonchev–Trinajstić information content (AvgIpc) is 2.64. The van der Waals surface area contributed by atoms with Crippen molar-refractivity contribution in [3.8, 4) is 5.75 Å². The number of likely N-dealkylation sites (tertiary alicyclic amines) is 1. The first-order valence-corrected chi connectivity index (χ1v) is 9.35. The molecule has 4 nitrogen and oxygen atoms in total. The van der Waals surface area contributed by atoms with Crippen molar-refractivity contribution in [3.05, 3.63) is 63.9 Å². The number of hydrogen-bond donors (Lipinski definition) is 1. The van der Waals surface area contributed by atoms with Crippen molar-refractivity contribution < 1.29 is 19.0 Å². The van der Waals surface area contributed by atoms with Crippen LogP contribution in [0.25, 0.3) is 0 Å². The summed E-state index contributed by atoms with van der Waals surface area (Å²) in [4.78, 5) is 13.5. The Hall–Kier alpha value is -1.92. The number of nitrogens with zero attached hydrogens (tertiary/aromatic N) is 1.